The Morgan fingerprint density at radius 3 is 2.56 bits per heavy atom. The third kappa shape index (κ3) is 6.39. The first-order valence-corrected chi connectivity index (χ1v) is 12.4. The molecule has 0 aliphatic carbocycles. The summed E-state index contributed by atoms with van der Waals surface area (Å²) in [4.78, 5) is 20.8. The number of nitrogens with zero attached hydrogens (tertiary/aromatic N) is 3. The number of rotatable bonds is 8. The molecule has 152 valence electrons. The van der Waals surface area contributed by atoms with Gasteiger partial charge >= 0.3 is 0 Å². The van der Waals surface area contributed by atoms with E-state index in [0.29, 0.717) is 54.2 Å². The Bertz CT molecular complexity index is 756. The number of sulfonamides is 1. The van der Waals surface area contributed by atoms with Crippen molar-refractivity contribution in [3.8, 4) is 0 Å². The molecule has 1 aromatic heterocycles. The summed E-state index contributed by atoms with van der Waals surface area (Å²) in [5.74, 6) is 1.10. The van der Waals surface area contributed by atoms with Gasteiger partial charge in [-0.3, -0.25) is 4.79 Å². The number of pyridine rings is 1. The quantitative estimate of drug-likeness (QED) is 0.647. The second-order valence-corrected chi connectivity index (χ2v) is 10.00. The zero-order valence-electron chi connectivity index (χ0n) is 15.3. The van der Waals surface area contributed by atoms with E-state index in [2.05, 4.69) is 9.71 Å². The van der Waals surface area contributed by atoms with Crippen molar-refractivity contribution in [2.45, 2.75) is 19.4 Å². The van der Waals surface area contributed by atoms with E-state index in [1.165, 1.54) is 6.20 Å². The Kier molecular flexibility index (Phi) is 8.48. The maximum Gasteiger partial charge on any atom is 0.240 e. The fourth-order valence-corrected chi connectivity index (χ4v) is 4.56. The number of hydrogen-bond donors (Lipinski definition) is 1. The van der Waals surface area contributed by atoms with Crippen LogP contribution in [0.1, 0.15) is 13.3 Å². The van der Waals surface area contributed by atoms with Crippen molar-refractivity contribution in [1.29, 1.82) is 0 Å². The molecule has 2 heterocycles. The molecule has 1 saturated heterocycles. The average Bonchev–Trinajstić information content (AvgIpc) is 2.65. The third-order valence-corrected chi connectivity index (χ3v) is 6.82. The highest BCUT2D eigenvalue weighted by molar-refractivity contribution is 7.98. The maximum absolute atomic E-state index is 12.9. The van der Waals surface area contributed by atoms with Crippen LogP contribution in [-0.4, -0.2) is 74.2 Å². The molecule has 0 aromatic carbocycles. The molecular formula is C16H24Cl2N4O3S2. The summed E-state index contributed by atoms with van der Waals surface area (Å²) in [5.41, 5.74) is 0. The zero-order valence-corrected chi connectivity index (χ0v) is 18.5. The summed E-state index contributed by atoms with van der Waals surface area (Å²) in [7, 11) is -3.45. The van der Waals surface area contributed by atoms with E-state index in [4.69, 9.17) is 23.2 Å². The van der Waals surface area contributed by atoms with Crippen molar-refractivity contribution in [1.82, 2.24) is 14.6 Å². The molecule has 2 rings (SSSR count). The molecule has 1 fully saturated rings. The molecule has 1 aromatic rings. The second kappa shape index (κ2) is 10.2. The standard InChI is InChI=1S/C16H24Cl2N4O3S2/c1-3-27(24,25)20-14(4-9-26-2)16(23)22-7-5-21(6-8-22)15-13(18)10-12(17)11-19-15/h10-11,14,20H,3-9H2,1-2H3. The van der Waals surface area contributed by atoms with Crippen molar-refractivity contribution in [3.05, 3.63) is 22.3 Å². The molecule has 1 N–H and O–H groups in total. The summed E-state index contributed by atoms with van der Waals surface area (Å²) >= 11 is 13.7. The van der Waals surface area contributed by atoms with Crippen molar-refractivity contribution in [2.75, 3.05) is 48.8 Å². The largest absolute Gasteiger partial charge is 0.352 e. The molecule has 1 unspecified atom stereocenters. The summed E-state index contributed by atoms with van der Waals surface area (Å²) < 4.78 is 26.4. The molecular weight excluding hydrogens is 431 g/mol. The Labute approximate surface area is 174 Å². The summed E-state index contributed by atoms with van der Waals surface area (Å²) in [6.07, 6.45) is 3.93. The van der Waals surface area contributed by atoms with E-state index in [0.717, 1.165) is 0 Å². The van der Waals surface area contributed by atoms with E-state index in [1.54, 1.807) is 29.7 Å². The highest BCUT2D eigenvalue weighted by Gasteiger charge is 2.30. The van der Waals surface area contributed by atoms with Crippen LogP contribution in [0.25, 0.3) is 0 Å². The number of halogens is 2. The lowest BCUT2D eigenvalue weighted by Crippen LogP contribution is -2.55. The Hall–Kier alpha value is -0.740. The number of aromatic nitrogens is 1. The van der Waals surface area contributed by atoms with Crippen LogP contribution >= 0.6 is 35.0 Å². The highest BCUT2D eigenvalue weighted by atomic mass is 35.5. The van der Waals surface area contributed by atoms with Crippen LogP contribution in [0.3, 0.4) is 0 Å². The van der Waals surface area contributed by atoms with Gasteiger partial charge < -0.3 is 9.80 Å². The number of piperazine rings is 1. The lowest BCUT2D eigenvalue weighted by Gasteiger charge is -2.37. The van der Waals surface area contributed by atoms with Gasteiger partial charge in [-0.15, -0.1) is 0 Å². The lowest BCUT2D eigenvalue weighted by molar-refractivity contribution is -0.133. The molecule has 27 heavy (non-hydrogen) atoms. The summed E-state index contributed by atoms with van der Waals surface area (Å²) in [6, 6.07) is 0.909. The van der Waals surface area contributed by atoms with Crippen LogP contribution in [0.15, 0.2) is 12.3 Å². The summed E-state index contributed by atoms with van der Waals surface area (Å²) in [6.45, 7) is 3.64. The van der Waals surface area contributed by atoms with Crippen molar-refractivity contribution >= 4 is 56.7 Å². The second-order valence-electron chi connectivity index (χ2n) is 6.13. The van der Waals surface area contributed by atoms with Gasteiger partial charge in [-0.2, -0.15) is 11.8 Å². The first-order chi connectivity index (χ1) is 12.8. The van der Waals surface area contributed by atoms with Crippen LogP contribution in [0.4, 0.5) is 5.82 Å². The SMILES string of the molecule is CCS(=O)(=O)NC(CCSC)C(=O)N1CCN(c2ncc(Cl)cc2Cl)CC1. The normalized spacial score (nSPS) is 16.4. The fraction of sp³-hybridized carbons (Fsp3) is 0.625. The van der Waals surface area contributed by atoms with Crippen LogP contribution in [0, 0.1) is 0 Å². The monoisotopic (exact) mass is 454 g/mol. The Morgan fingerprint density at radius 2 is 2.00 bits per heavy atom. The zero-order chi connectivity index (χ0) is 20.0. The molecule has 1 aliphatic heterocycles. The van der Waals surface area contributed by atoms with Gasteiger partial charge in [-0.25, -0.2) is 18.1 Å². The number of carbonyl (C=O) groups is 1. The minimum absolute atomic E-state index is 0.0510. The first-order valence-electron chi connectivity index (χ1n) is 8.61. The van der Waals surface area contributed by atoms with Gasteiger partial charge in [-0.1, -0.05) is 23.2 Å². The fourth-order valence-electron chi connectivity index (χ4n) is 2.77. The van der Waals surface area contributed by atoms with Gasteiger partial charge in [0.15, 0.2) is 0 Å². The van der Waals surface area contributed by atoms with Crippen LogP contribution in [0.5, 0.6) is 0 Å². The van der Waals surface area contributed by atoms with E-state index >= 15 is 0 Å². The summed E-state index contributed by atoms with van der Waals surface area (Å²) in [5, 5.41) is 0.938. The third-order valence-electron chi connectivity index (χ3n) is 4.29. The average molecular weight is 455 g/mol. The van der Waals surface area contributed by atoms with Gasteiger partial charge in [0, 0.05) is 32.4 Å². The van der Waals surface area contributed by atoms with E-state index in [-0.39, 0.29) is 11.7 Å². The minimum atomic E-state index is -3.45. The first kappa shape index (κ1) is 22.5. The van der Waals surface area contributed by atoms with E-state index in [9.17, 15) is 13.2 Å². The van der Waals surface area contributed by atoms with Gasteiger partial charge in [0.05, 0.1) is 15.8 Å². The van der Waals surface area contributed by atoms with Crippen LogP contribution in [0.2, 0.25) is 10.0 Å². The molecule has 1 amide bonds. The molecule has 1 atom stereocenters. The topological polar surface area (TPSA) is 82.6 Å². The van der Waals surface area contributed by atoms with Crippen molar-refractivity contribution < 1.29 is 13.2 Å². The minimum Gasteiger partial charge on any atom is -0.352 e. The smallest absolute Gasteiger partial charge is 0.240 e. The molecule has 0 radical (unpaired) electrons. The molecule has 11 heteroatoms. The molecule has 1 aliphatic rings. The van der Waals surface area contributed by atoms with Crippen LogP contribution < -0.4 is 9.62 Å². The lowest BCUT2D eigenvalue weighted by atomic mass is 10.2. The van der Waals surface area contributed by atoms with Crippen molar-refractivity contribution in [2.24, 2.45) is 0 Å². The van der Waals surface area contributed by atoms with Gasteiger partial charge in [0.2, 0.25) is 15.9 Å². The van der Waals surface area contributed by atoms with E-state index < -0.39 is 16.1 Å². The predicted octanol–water partition coefficient (Wildman–Crippen LogP) is 2.10. The maximum atomic E-state index is 12.9. The molecule has 0 bridgehead atoms. The highest BCUT2D eigenvalue weighted by Crippen LogP contribution is 2.26. The predicted molar refractivity (Wildman–Crippen MR) is 112 cm³/mol. The molecule has 0 saturated carbocycles. The number of thioether (sulfide) groups is 1. The number of nitrogens with one attached hydrogen (secondary N) is 1. The van der Waals surface area contributed by atoms with E-state index in [1.807, 2.05) is 11.2 Å². The Balaban J connectivity index is 2.02. The van der Waals surface area contributed by atoms with Crippen molar-refractivity contribution in [3.63, 3.8) is 0 Å². The number of carbonyl (C=O) groups excluding carboxylic acids is 1. The number of hydrogen-bond acceptors (Lipinski definition) is 6. The van der Waals surface area contributed by atoms with Crippen LogP contribution in [-0.2, 0) is 14.8 Å². The molecule has 0 spiro atoms. The number of anilines is 1. The van der Waals surface area contributed by atoms with Gasteiger partial charge in [0.25, 0.3) is 0 Å². The van der Waals surface area contributed by atoms with Gasteiger partial charge in [0.1, 0.15) is 11.9 Å². The molecule has 7 nitrogen and oxygen atoms in total. The Morgan fingerprint density at radius 1 is 1.33 bits per heavy atom. The number of amides is 1. The van der Waals surface area contributed by atoms with Gasteiger partial charge in [-0.05, 0) is 31.4 Å².